The van der Waals surface area contributed by atoms with Gasteiger partial charge in [-0.15, -0.1) is 0 Å². The van der Waals surface area contributed by atoms with Crippen LogP contribution < -0.4 is 0 Å². The van der Waals surface area contributed by atoms with E-state index in [1.165, 1.54) is 0 Å². The van der Waals surface area contributed by atoms with Crippen molar-refractivity contribution in [2.75, 3.05) is 0 Å². The molecule has 0 saturated heterocycles. The van der Waals surface area contributed by atoms with Crippen LogP contribution in [0.15, 0.2) is 9.92 Å². The summed E-state index contributed by atoms with van der Waals surface area (Å²) >= 11 is 6.82. The predicted molar refractivity (Wildman–Crippen MR) is 15.0 cm³/mol. The molecule has 0 amide bonds. The molecule has 0 nitrogen and oxygen atoms in total. The zero-order valence-electron chi connectivity index (χ0n) is 2.09. The molecule has 0 heterocycles. The van der Waals surface area contributed by atoms with Gasteiger partial charge in [0.15, 0.2) is 0 Å². The summed E-state index contributed by atoms with van der Waals surface area (Å²) in [6, 6.07) is 0. The van der Waals surface area contributed by atoms with Crippen molar-refractivity contribution in [2.45, 2.75) is 0 Å². The van der Waals surface area contributed by atoms with Crippen molar-refractivity contribution in [2.24, 2.45) is 0 Å². The summed E-state index contributed by atoms with van der Waals surface area (Å²) in [4.78, 5) is 0. The van der Waals surface area contributed by atoms with Gasteiger partial charge in [0.1, 0.15) is 0 Å². The number of hydrogen-bond acceptors (Lipinski definition) is 0. The van der Waals surface area contributed by atoms with Gasteiger partial charge >= 0.3 is 42.0 Å². The van der Waals surface area contributed by atoms with Gasteiger partial charge in [-0.25, -0.2) is 0 Å². The summed E-state index contributed by atoms with van der Waals surface area (Å²) in [5.74, 6) is 0. The van der Waals surface area contributed by atoms with Crippen LogP contribution in [0.3, 0.4) is 0 Å². The van der Waals surface area contributed by atoms with Gasteiger partial charge < -0.3 is 0 Å². The van der Waals surface area contributed by atoms with Crippen LogP contribution in [0.25, 0.3) is 0 Å². The molecule has 0 aliphatic rings. The zero-order valence-corrected chi connectivity index (χ0v) is 4.40. The quantitative estimate of drug-likeness (QED) is 0.411. The first kappa shape index (κ1) is 4.74. The minimum atomic E-state index is 0.639. The third-order valence-corrected chi connectivity index (χ3v) is 0. The van der Waals surface area contributed by atoms with Gasteiger partial charge in [0.25, 0.3) is 0 Å². The molecule has 0 bridgehead atoms. The van der Waals surface area contributed by atoms with E-state index in [0.717, 1.165) is 0 Å². The van der Waals surface area contributed by atoms with E-state index in [1.54, 1.807) is 20.4 Å². The standard InChI is InChI=1S/C2H2Cl.Ti/c1-2-3;/h1H2;. The molecule has 0 atom stereocenters. The Labute approximate surface area is 42.2 Å². The average molecular weight is 109 g/mol. The van der Waals surface area contributed by atoms with Crippen molar-refractivity contribution in [3.8, 4) is 0 Å². The van der Waals surface area contributed by atoms with Gasteiger partial charge in [0.05, 0.1) is 0 Å². The van der Waals surface area contributed by atoms with E-state index >= 15 is 0 Å². The average Bonchev–Trinajstić information content (AvgIpc) is 0.811. The third kappa shape index (κ3) is 15.1. The Hall–Kier alpha value is 0.744. The molecule has 0 aromatic heterocycles. The van der Waals surface area contributed by atoms with Gasteiger partial charge in [-0.2, -0.15) is 0 Å². The summed E-state index contributed by atoms with van der Waals surface area (Å²) in [6.07, 6.45) is 0. The molecule has 0 fully saturated rings. The summed E-state index contributed by atoms with van der Waals surface area (Å²) in [6.45, 7) is 3.32. The van der Waals surface area contributed by atoms with E-state index in [1.807, 2.05) is 0 Å². The molecule has 0 N–H and O–H groups in total. The van der Waals surface area contributed by atoms with E-state index in [4.69, 9.17) is 11.6 Å². The predicted octanol–water partition coefficient (Wildman–Crippen LogP) is 1.24. The Morgan fingerprint density at radius 2 is 2.00 bits per heavy atom. The fraction of sp³-hybridized carbons (Fsp3) is 0. The Kier molecular flexibility index (Phi) is 2.39. The molecule has 0 aliphatic heterocycles. The van der Waals surface area contributed by atoms with Gasteiger partial charge in [0.2, 0.25) is 0 Å². The van der Waals surface area contributed by atoms with Gasteiger partial charge in [-0.3, -0.25) is 0 Å². The van der Waals surface area contributed by atoms with E-state index in [9.17, 15) is 0 Å². The van der Waals surface area contributed by atoms with Crippen LogP contribution >= 0.6 is 11.6 Å². The van der Waals surface area contributed by atoms with Gasteiger partial charge in [0, 0.05) is 0 Å². The summed E-state index contributed by atoms with van der Waals surface area (Å²) in [5.41, 5.74) is 0. The molecule has 0 aliphatic carbocycles. The maximum absolute atomic E-state index is 5.08. The number of hydrogen-bond donors (Lipinski definition) is 0. The second-order valence-electron chi connectivity index (χ2n) is 0.405. The number of halogens is 1. The molecule has 0 unspecified atom stereocenters. The Morgan fingerprint density at radius 3 is 2.00 bits per heavy atom. The molecular weight excluding hydrogens is 107 g/mol. The van der Waals surface area contributed by atoms with Crippen LogP contribution in [0.2, 0.25) is 0 Å². The fourth-order valence-electron chi connectivity index (χ4n) is 0. The normalized spacial score (nSPS) is 6.00. The van der Waals surface area contributed by atoms with Crippen LogP contribution in [0.5, 0.6) is 0 Å². The molecule has 0 saturated carbocycles. The van der Waals surface area contributed by atoms with Crippen LogP contribution in [-0.2, 0) is 20.4 Å². The van der Waals surface area contributed by atoms with E-state index in [-0.39, 0.29) is 0 Å². The van der Waals surface area contributed by atoms with Crippen molar-refractivity contribution in [1.82, 2.24) is 0 Å². The SMILES string of the molecule is C=[C](Cl)[Ti]. The van der Waals surface area contributed by atoms with Gasteiger partial charge in [-0.05, 0) is 0 Å². The molecule has 0 aromatic rings. The third-order valence-electron chi connectivity index (χ3n) is 0. The molecule has 0 radical (unpaired) electrons. The second kappa shape index (κ2) is 2.01. The molecule has 0 spiro atoms. The molecule has 21 valence electrons. The fourth-order valence-corrected chi connectivity index (χ4v) is 0. The first-order valence-electron chi connectivity index (χ1n) is 0.793. The minimum absolute atomic E-state index is 0.639. The monoisotopic (exact) mass is 109 g/mol. The van der Waals surface area contributed by atoms with Crippen LogP contribution in [0, 0.1) is 0 Å². The summed E-state index contributed by atoms with van der Waals surface area (Å²) in [5, 5.41) is 0. The van der Waals surface area contributed by atoms with E-state index in [2.05, 4.69) is 6.58 Å². The molecular formula is C2H2ClTi. The van der Waals surface area contributed by atoms with Crippen molar-refractivity contribution >= 4 is 11.6 Å². The van der Waals surface area contributed by atoms with E-state index in [0.29, 0.717) is 3.34 Å². The maximum atomic E-state index is 5.08. The Bertz CT molecular complexity index is 29.0. The zero-order chi connectivity index (χ0) is 3.58. The first-order valence-corrected chi connectivity index (χ1v) is 1.95. The topological polar surface area (TPSA) is 0 Å². The molecule has 0 aromatic carbocycles. The molecule has 4 heavy (non-hydrogen) atoms. The van der Waals surface area contributed by atoms with Crippen molar-refractivity contribution in [1.29, 1.82) is 0 Å². The van der Waals surface area contributed by atoms with Crippen molar-refractivity contribution in [3.63, 3.8) is 0 Å². The second-order valence-corrected chi connectivity index (χ2v) is 2.30. The van der Waals surface area contributed by atoms with Crippen molar-refractivity contribution in [3.05, 3.63) is 9.92 Å². The molecule has 0 rings (SSSR count). The van der Waals surface area contributed by atoms with Gasteiger partial charge in [-0.1, -0.05) is 0 Å². The Morgan fingerprint density at radius 1 is 2.00 bits per heavy atom. The van der Waals surface area contributed by atoms with Crippen LogP contribution in [0.4, 0.5) is 0 Å². The van der Waals surface area contributed by atoms with Crippen LogP contribution in [-0.4, -0.2) is 0 Å². The Balaban J connectivity index is 2.80. The summed E-state index contributed by atoms with van der Waals surface area (Å²) < 4.78 is 0.639. The van der Waals surface area contributed by atoms with Crippen molar-refractivity contribution < 1.29 is 20.4 Å². The summed E-state index contributed by atoms with van der Waals surface area (Å²) in [7, 11) is 0. The molecule has 2 heteroatoms. The number of rotatable bonds is 0. The van der Waals surface area contributed by atoms with E-state index < -0.39 is 0 Å². The first-order chi connectivity index (χ1) is 1.73. The van der Waals surface area contributed by atoms with Crippen LogP contribution in [0.1, 0.15) is 0 Å².